The molecule has 0 aliphatic carbocycles. The lowest BCUT2D eigenvalue weighted by Crippen LogP contribution is -2.36. The molecule has 1 saturated heterocycles. The highest BCUT2D eigenvalue weighted by molar-refractivity contribution is 5.21. The topological polar surface area (TPSA) is 40.7 Å². The normalized spacial score (nSPS) is 28.2. The quantitative estimate of drug-likeness (QED) is 0.847. The Morgan fingerprint density at radius 3 is 2.67 bits per heavy atom. The molecule has 3 rings (SSSR count). The minimum Gasteiger partial charge on any atom is -0.302 e. The third kappa shape index (κ3) is 2.18. The number of nitrogens with zero attached hydrogens (tertiary/aromatic N) is 1. The van der Waals surface area contributed by atoms with Gasteiger partial charge < -0.3 is 5.32 Å². The minimum atomic E-state index is 0.381. The Morgan fingerprint density at radius 2 is 1.94 bits per heavy atom. The van der Waals surface area contributed by atoms with Crippen LogP contribution in [0.25, 0.3) is 0 Å². The number of hydrogen-bond acceptors (Lipinski definition) is 2. The van der Waals surface area contributed by atoms with Gasteiger partial charge in [0.05, 0.1) is 11.7 Å². The molecule has 1 aliphatic rings. The molecule has 3 heteroatoms. The molecule has 0 bridgehead atoms. The molecular formula is C15H19N3. The smallest absolute Gasteiger partial charge is 0.0524 e. The third-order valence-corrected chi connectivity index (χ3v) is 3.92. The Kier molecular flexibility index (Phi) is 3.15. The van der Waals surface area contributed by atoms with Crippen LogP contribution in [-0.4, -0.2) is 10.2 Å². The van der Waals surface area contributed by atoms with E-state index in [-0.39, 0.29) is 0 Å². The Hall–Kier alpha value is -1.61. The van der Waals surface area contributed by atoms with Crippen LogP contribution in [0.5, 0.6) is 0 Å². The summed E-state index contributed by atoms with van der Waals surface area (Å²) in [6.45, 7) is 2.31. The van der Waals surface area contributed by atoms with Crippen LogP contribution in [0.4, 0.5) is 0 Å². The zero-order valence-corrected chi connectivity index (χ0v) is 10.6. The summed E-state index contributed by atoms with van der Waals surface area (Å²) in [6, 6.07) is 13.6. The molecule has 1 aromatic heterocycles. The molecule has 2 N–H and O–H groups in total. The summed E-state index contributed by atoms with van der Waals surface area (Å²) in [5, 5.41) is 10.9. The Bertz CT molecular complexity index is 478. The van der Waals surface area contributed by atoms with E-state index in [9.17, 15) is 0 Å². The molecule has 2 heterocycles. The van der Waals surface area contributed by atoms with Crippen molar-refractivity contribution in [3.63, 3.8) is 0 Å². The zero-order chi connectivity index (χ0) is 12.4. The number of nitrogens with one attached hydrogen (secondary N) is 2. The lowest BCUT2D eigenvalue weighted by Gasteiger charge is -2.35. The second-order valence-electron chi connectivity index (χ2n) is 5.17. The van der Waals surface area contributed by atoms with Gasteiger partial charge in [-0.05, 0) is 30.4 Å². The number of aromatic amines is 1. The van der Waals surface area contributed by atoms with Crippen LogP contribution in [0.3, 0.4) is 0 Å². The van der Waals surface area contributed by atoms with Crippen LogP contribution in [-0.2, 0) is 0 Å². The highest BCUT2D eigenvalue weighted by atomic mass is 15.1. The van der Waals surface area contributed by atoms with Crippen molar-refractivity contribution in [2.75, 3.05) is 0 Å². The van der Waals surface area contributed by atoms with E-state index in [1.54, 1.807) is 0 Å². The van der Waals surface area contributed by atoms with Crippen molar-refractivity contribution >= 4 is 0 Å². The first-order chi connectivity index (χ1) is 8.84. The maximum Gasteiger partial charge on any atom is 0.0524 e. The van der Waals surface area contributed by atoms with Crippen molar-refractivity contribution in [2.24, 2.45) is 5.92 Å². The van der Waals surface area contributed by atoms with E-state index in [0.717, 1.165) is 0 Å². The van der Waals surface area contributed by atoms with Crippen molar-refractivity contribution < 1.29 is 0 Å². The summed E-state index contributed by atoms with van der Waals surface area (Å²) in [7, 11) is 0. The molecule has 3 atom stereocenters. The highest BCUT2D eigenvalue weighted by Gasteiger charge is 2.29. The maximum atomic E-state index is 4.06. The van der Waals surface area contributed by atoms with Gasteiger partial charge in [0.25, 0.3) is 0 Å². The van der Waals surface area contributed by atoms with Gasteiger partial charge in [0, 0.05) is 12.2 Å². The molecule has 1 fully saturated rings. The fraction of sp³-hybridized carbons (Fsp3) is 0.400. The first-order valence-corrected chi connectivity index (χ1v) is 6.65. The van der Waals surface area contributed by atoms with Gasteiger partial charge in [-0.15, -0.1) is 0 Å². The van der Waals surface area contributed by atoms with Crippen LogP contribution in [0.1, 0.15) is 43.1 Å². The maximum absolute atomic E-state index is 4.06. The number of rotatable bonds is 2. The van der Waals surface area contributed by atoms with E-state index in [2.05, 4.69) is 58.8 Å². The molecule has 1 aromatic carbocycles. The highest BCUT2D eigenvalue weighted by Crippen LogP contribution is 2.35. The van der Waals surface area contributed by atoms with E-state index < -0.39 is 0 Å². The molecule has 2 aromatic rings. The van der Waals surface area contributed by atoms with Gasteiger partial charge in [-0.1, -0.05) is 37.3 Å². The van der Waals surface area contributed by atoms with E-state index >= 15 is 0 Å². The fourth-order valence-corrected chi connectivity index (χ4v) is 2.84. The summed E-state index contributed by atoms with van der Waals surface area (Å²) in [6.07, 6.45) is 4.28. The SMILES string of the molecule is CC1CCC(c2ccccc2)NC1c1ccn[nH]1. The lowest BCUT2D eigenvalue weighted by atomic mass is 9.85. The van der Waals surface area contributed by atoms with Gasteiger partial charge in [0.15, 0.2) is 0 Å². The summed E-state index contributed by atoms with van der Waals surface area (Å²) in [4.78, 5) is 0. The summed E-state index contributed by atoms with van der Waals surface area (Å²) in [5.74, 6) is 0.644. The second kappa shape index (κ2) is 4.94. The van der Waals surface area contributed by atoms with Crippen LogP contribution >= 0.6 is 0 Å². The molecule has 3 nitrogen and oxygen atoms in total. The van der Waals surface area contributed by atoms with Crippen molar-refractivity contribution in [1.29, 1.82) is 0 Å². The fourth-order valence-electron chi connectivity index (χ4n) is 2.84. The molecule has 0 saturated carbocycles. The standard InChI is InChI=1S/C15H19N3/c1-11-7-8-13(12-5-3-2-4-6-12)17-15(11)14-9-10-16-18-14/h2-6,9-11,13,15,17H,7-8H2,1H3,(H,16,18). The molecule has 94 valence electrons. The van der Waals surface area contributed by atoms with Gasteiger partial charge in [0.2, 0.25) is 0 Å². The summed E-state index contributed by atoms with van der Waals surface area (Å²) >= 11 is 0. The Balaban J connectivity index is 1.80. The number of hydrogen-bond donors (Lipinski definition) is 2. The average Bonchev–Trinajstić information content (AvgIpc) is 2.94. The Labute approximate surface area is 108 Å². The monoisotopic (exact) mass is 241 g/mol. The molecule has 3 unspecified atom stereocenters. The predicted molar refractivity (Wildman–Crippen MR) is 72.0 cm³/mol. The molecule has 1 aliphatic heterocycles. The van der Waals surface area contributed by atoms with E-state index in [4.69, 9.17) is 0 Å². The zero-order valence-electron chi connectivity index (χ0n) is 10.6. The van der Waals surface area contributed by atoms with Crippen molar-refractivity contribution in [2.45, 2.75) is 31.8 Å². The molecule has 18 heavy (non-hydrogen) atoms. The lowest BCUT2D eigenvalue weighted by molar-refractivity contribution is 0.245. The van der Waals surface area contributed by atoms with Crippen LogP contribution in [0.2, 0.25) is 0 Å². The van der Waals surface area contributed by atoms with Crippen LogP contribution in [0, 0.1) is 5.92 Å². The number of piperidine rings is 1. The minimum absolute atomic E-state index is 0.381. The molecular weight excluding hydrogens is 222 g/mol. The van der Waals surface area contributed by atoms with Gasteiger partial charge in [-0.2, -0.15) is 5.10 Å². The van der Waals surface area contributed by atoms with Crippen molar-refractivity contribution in [1.82, 2.24) is 15.5 Å². The van der Waals surface area contributed by atoms with Crippen LogP contribution < -0.4 is 5.32 Å². The molecule has 0 spiro atoms. The van der Waals surface area contributed by atoms with Crippen molar-refractivity contribution in [3.8, 4) is 0 Å². The van der Waals surface area contributed by atoms with E-state index in [0.29, 0.717) is 18.0 Å². The van der Waals surface area contributed by atoms with E-state index in [1.165, 1.54) is 24.1 Å². The second-order valence-corrected chi connectivity index (χ2v) is 5.17. The van der Waals surface area contributed by atoms with Gasteiger partial charge >= 0.3 is 0 Å². The molecule has 0 radical (unpaired) electrons. The Morgan fingerprint density at radius 1 is 1.11 bits per heavy atom. The number of benzene rings is 1. The number of H-pyrrole nitrogens is 1. The molecule has 0 amide bonds. The summed E-state index contributed by atoms with van der Waals surface area (Å²) < 4.78 is 0. The third-order valence-electron chi connectivity index (χ3n) is 3.92. The van der Waals surface area contributed by atoms with E-state index in [1.807, 2.05) is 6.20 Å². The number of aromatic nitrogens is 2. The average molecular weight is 241 g/mol. The largest absolute Gasteiger partial charge is 0.302 e. The van der Waals surface area contributed by atoms with Crippen molar-refractivity contribution in [3.05, 3.63) is 53.9 Å². The first-order valence-electron chi connectivity index (χ1n) is 6.65. The van der Waals surface area contributed by atoms with Gasteiger partial charge in [-0.25, -0.2) is 0 Å². The van der Waals surface area contributed by atoms with Gasteiger partial charge in [0.1, 0.15) is 0 Å². The first kappa shape index (κ1) is 11.5. The van der Waals surface area contributed by atoms with Gasteiger partial charge in [-0.3, -0.25) is 5.10 Å². The predicted octanol–water partition coefficient (Wildman–Crippen LogP) is 3.21. The summed E-state index contributed by atoms with van der Waals surface area (Å²) in [5.41, 5.74) is 2.58. The van der Waals surface area contributed by atoms with Crippen LogP contribution in [0.15, 0.2) is 42.6 Å².